The van der Waals surface area contributed by atoms with Gasteiger partial charge < -0.3 is 0 Å². The van der Waals surface area contributed by atoms with Gasteiger partial charge in [0.05, 0.1) is 17.8 Å². The van der Waals surface area contributed by atoms with Crippen molar-refractivity contribution in [1.29, 1.82) is 0 Å². The van der Waals surface area contributed by atoms with Crippen LogP contribution < -0.4 is 0 Å². The second-order valence-electron chi connectivity index (χ2n) is 2.68. The van der Waals surface area contributed by atoms with E-state index in [9.17, 15) is 9.18 Å². The predicted octanol–water partition coefficient (Wildman–Crippen LogP) is 1.17. The molecule has 1 aromatic rings. The van der Waals surface area contributed by atoms with E-state index in [4.69, 9.17) is 0 Å². The van der Waals surface area contributed by atoms with E-state index in [1.54, 1.807) is 0 Å². The van der Waals surface area contributed by atoms with Gasteiger partial charge in [-0.15, -0.1) is 0 Å². The fourth-order valence-electron chi connectivity index (χ4n) is 1.01. The fourth-order valence-corrected chi connectivity index (χ4v) is 1.01. The SMILES string of the molecule is O=Cc1cnn(C2CC2)c1F. The zero-order valence-corrected chi connectivity index (χ0v) is 5.83. The average molecular weight is 154 g/mol. The summed E-state index contributed by atoms with van der Waals surface area (Å²) >= 11 is 0. The summed E-state index contributed by atoms with van der Waals surface area (Å²) in [4.78, 5) is 10.2. The molecule has 0 radical (unpaired) electrons. The summed E-state index contributed by atoms with van der Waals surface area (Å²) in [6.07, 6.45) is 3.69. The molecular formula is C7H7FN2O. The van der Waals surface area contributed by atoms with Crippen molar-refractivity contribution in [2.45, 2.75) is 18.9 Å². The molecule has 1 aromatic heterocycles. The second-order valence-corrected chi connectivity index (χ2v) is 2.68. The lowest BCUT2D eigenvalue weighted by molar-refractivity contribution is 0.111. The minimum Gasteiger partial charge on any atom is -0.298 e. The third-order valence-corrected chi connectivity index (χ3v) is 1.78. The molecule has 0 aromatic carbocycles. The highest BCUT2D eigenvalue weighted by Gasteiger charge is 2.27. The minimum absolute atomic E-state index is 0.0527. The van der Waals surface area contributed by atoms with Crippen molar-refractivity contribution in [2.24, 2.45) is 0 Å². The Morgan fingerprint density at radius 3 is 2.91 bits per heavy atom. The van der Waals surface area contributed by atoms with E-state index in [1.165, 1.54) is 10.9 Å². The number of aldehydes is 1. The van der Waals surface area contributed by atoms with Crippen LogP contribution >= 0.6 is 0 Å². The number of halogens is 1. The van der Waals surface area contributed by atoms with Gasteiger partial charge in [-0.25, -0.2) is 4.68 Å². The summed E-state index contributed by atoms with van der Waals surface area (Å²) in [6, 6.07) is 0.198. The van der Waals surface area contributed by atoms with Crippen LogP contribution in [0.25, 0.3) is 0 Å². The van der Waals surface area contributed by atoms with Crippen molar-refractivity contribution in [1.82, 2.24) is 9.78 Å². The van der Waals surface area contributed by atoms with Gasteiger partial charge in [0, 0.05) is 0 Å². The van der Waals surface area contributed by atoms with Crippen LogP contribution in [0.15, 0.2) is 6.20 Å². The Kier molecular flexibility index (Phi) is 1.27. The van der Waals surface area contributed by atoms with Gasteiger partial charge in [-0.3, -0.25) is 4.79 Å². The van der Waals surface area contributed by atoms with Crippen LogP contribution in [-0.4, -0.2) is 16.1 Å². The minimum atomic E-state index is -0.498. The molecule has 0 saturated heterocycles. The highest BCUT2D eigenvalue weighted by Crippen LogP contribution is 2.35. The first-order valence-corrected chi connectivity index (χ1v) is 3.51. The van der Waals surface area contributed by atoms with Crippen LogP contribution in [-0.2, 0) is 0 Å². The maximum absolute atomic E-state index is 13.0. The molecule has 0 unspecified atom stereocenters. The van der Waals surface area contributed by atoms with E-state index < -0.39 is 5.95 Å². The van der Waals surface area contributed by atoms with Crippen molar-refractivity contribution < 1.29 is 9.18 Å². The van der Waals surface area contributed by atoms with Crippen molar-refractivity contribution in [3.8, 4) is 0 Å². The van der Waals surface area contributed by atoms with Gasteiger partial charge in [0.25, 0.3) is 0 Å². The van der Waals surface area contributed by atoms with Gasteiger partial charge in [0.15, 0.2) is 6.29 Å². The van der Waals surface area contributed by atoms with Crippen LogP contribution in [0.4, 0.5) is 4.39 Å². The van der Waals surface area contributed by atoms with Crippen molar-refractivity contribution in [3.05, 3.63) is 17.7 Å². The molecule has 11 heavy (non-hydrogen) atoms. The number of nitrogens with zero attached hydrogens (tertiary/aromatic N) is 2. The number of hydrogen-bond donors (Lipinski definition) is 0. The van der Waals surface area contributed by atoms with Crippen LogP contribution in [0.2, 0.25) is 0 Å². The molecule has 0 N–H and O–H groups in total. The van der Waals surface area contributed by atoms with E-state index in [1.807, 2.05) is 0 Å². The number of carbonyl (C=O) groups excluding carboxylic acids is 1. The van der Waals surface area contributed by atoms with Crippen molar-refractivity contribution in [3.63, 3.8) is 0 Å². The van der Waals surface area contributed by atoms with Crippen molar-refractivity contribution >= 4 is 6.29 Å². The molecular weight excluding hydrogens is 147 g/mol. The van der Waals surface area contributed by atoms with Crippen LogP contribution in [0.5, 0.6) is 0 Å². The lowest BCUT2D eigenvalue weighted by Gasteiger charge is -1.95. The highest BCUT2D eigenvalue weighted by atomic mass is 19.1. The molecule has 2 rings (SSSR count). The third kappa shape index (κ3) is 0.943. The summed E-state index contributed by atoms with van der Waals surface area (Å²) in [5.41, 5.74) is 0.0527. The Morgan fingerprint density at radius 2 is 2.45 bits per heavy atom. The molecule has 0 bridgehead atoms. The zero-order valence-electron chi connectivity index (χ0n) is 5.83. The molecule has 1 heterocycles. The zero-order chi connectivity index (χ0) is 7.84. The molecule has 0 atom stereocenters. The molecule has 4 heteroatoms. The van der Waals surface area contributed by atoms with Crippen LogP contribution in [0.1, 0.15) is 29.2 Å². The molecule has 1 aliphatic carbocycles. The van der Waals surface area contributed by atoms with Crippen LogP contribution in [0.3, 0.4) is 0 Å². The number of hydrogen-bond acceptors (Lipinski definition) is 2. The molecule has 3 nitrogen and oxygen atoms in total. The molecule has 1 fully saturated rings. The summed E-state index contributed by atoms with van der Waals surface area (Å²) in [7, 11) is 0. The van der Waals surface area contributed by atoms with Crippen molar-refractivity contribution in [2.75, 3.05) is 0 Å². The Balaban J connectivity index is 2.40. The lowest BCUT2D eigenvalue weighted by Crippen LogP contribution is -1.99. The van der Waals surface area contributed by atoms with Crippen LogP contribution in [0, 0.1) is 5.95 Å². The van der Waals surface area contributed by atoms with E-state index in [-0.39, 0.29) is 11.6 Å². The molecule has 0 spiro atoms. The molecule has 0 amide bonds. The lowest BCUT2D eigenvalue weighted by atomic mass is 10.4. The Hall–Kier alpha value is -1.19. The van der Waals surface area contributed by atoms with Gasteiger partial charge in [-0.2, -0.15) is 9.49 Å². The largest absolute Gasteiger partial charge is 0.298 e. The topological polar surface area (TPSA) is 34.9 Å². The fraction of sp³-hybridized carbons (Fsp3) is 0.429. The van der Waals surface area contributed by atoms with E-state index >= 15 is 0 Å². The maximum Gasteiger partial charge on any atom is 0.222 e. The first kappa shape index (κ1) is 6.52. The van der Waals surface area contributed by atoms with Gasteiger partial charge in [-0.1, -0.05) is 0 Å². The maximum atomic E-state index is 13.0. The predicted molar refractivity (Wildman–Crippen MR) is 35.8 cm³/mol. The molecule has 1 saturated carbocycles. The number of rotatable bonds is 2. The summed E-state index contributed by atoms with van der Waals surface area (Å²) < 4.78 is 14.3. The average Bonchev–Trinajstić information content (AvgIpc) is 2.77. The number of aromatic nitrogens is 2. The second kappa shape index (κ2) is 2.15. The molecule has 0 aliphatic heterocycles. The molecule has 1 aliphatic rings. The smallest absolute Gasteiger partial charge is 0.222 e. The van der Waals surface area contributed by atoms with Gasteiger partial charge in [0.2, 0.25) is 5.95 Å². The number of carbonyl (C=O) groups is 1. The van der Waals surface area contributed by atoms with Gasteiger partial charge in [0.1, 0.15) is 0 Å². The molecule has 58 valence electrons. The normalized spacial score (nSPS) is 16.8. The Bertz CT molecular complexity index is 291. The third-order valence-electron chi connectivity index (χ3n) is 1.78. The van der Waals surface area contributed by atoms with Gasteiger partial charge in [-0.05, 0) is 12.8 Å². The quantitative estimate of drug-likeness (QED) is 0.599. The van der Waals surface area contributed by atoms with E-state index in [0.717, 1.165) is 12.8 Å². The van der Waals surface area contributed by atoms with Gasteiger partial charge >= 0.3 is 0 Å². The Morgan fingerprint density at radius 1 is 1.73 bits per heavy atom. The highest BCUT2D eigenvalue weighted by molar-refractivity contribution is 5.73. The van der Waals surface area contributed by atoms with E-state index in [0.29, 0.717) is 6.29 Å². The van der Waals surface area contributed by atoms with E-state index in [2.05, 4.69) is 5.10 Å². The summed E-state index contributed by atoms with van der Waals surface area (Å²) in [6.45, 7) is 0. The summed E-state index contributed by atoms with van der Waals surface area (Å²) in [5, 5.41) is 3.76. The monoisotopic (exact) mass is 154 g/mol. The Labute approximate surface area is 62.8 Å². The first-order valence-electron chi connectivity index (χ1n) is 3.51. The standard InChI is InChI=1S/C7H7FN2O/c8-7-5(4-11)3-9-10(7)6-1-2-6/h3-4,6H,1-2H2. The summed E-state index contributed by atoms with van der Waals surface area (Å²) in [5.74, 6) is -0.498. The first-order chi connectivity index (χ1) is 5.33.